The monoisotopic (exact) mass is 170 g/mol. The summed E-state index contributed by atoms with van der Waals surface area (Å²) < 4.78 is 0. The molecule has 4 heteroatoms. The van der Waals surface area contributed by atoms with E-state index in [1.807, 2.05) is 18.2 Å². The maximum atomic E-state index is 8.32. The van der Waals surface area contributed by atoms with Crippen molar-refractivity contribution in [2.24, 2.45) is 5.11 Å². The summed E-state index contributed by atoms with van der Waals surface area (Å²) in [6.45, 7) is 0. The molecule has 62 valence electrons. The summed E-state index contributed by atoms with van der Waals surface area (Å²) in [7, 11) is 0. The van der Waals surface area contributed by atoms with Gasteiger partial charge in [0, 0.05) is 28.4 Å². The summed E-state index contributed by atoms with van der Waals surface area (Å²) in [4.78, 5) is 6.74. The maximum Gasteiger partial charge on any atom is 0.0454 e. The molecule has 0 saturated carbocycles. The van der Waals surface area contributed by atoms with Crippen LogP contribution in [0.1, 0.15) is 0 Å². The van der Waals surface area contributed by atoms with E-state index in [2.05, 4.69) is 15.0 Å². The third-order valence-corrected chi connectivity index (χ3v) is 1.81. The summed E-state index contributed by atoms with van der Waals surface area (Å²) >= 11 is 0. The fourth-order valence-corrected chi connectivity index (χ4v) is 1.24. The molecule has 1 aromatic heterocycles. The Bertz CT molecular complexity index is 480. The van der Waals surface area contributed by atoms with Gasteiger partial charge in [-0.3, -0.25) is 4.98 Å². The summed E-state index contributed by atoms with van der Waals surface area (Å²) in [6, 6.07) is 7.38. The van der Waals surface area contributed by atoms with Crippen molar-refractivity contribution in [2.45, 2.75) is 0 Å². The van der Waals surface area contributed by atoms with E-state index in [0.29, 0.717) is 5.69 Å². The Morgan fingerprint density at radius 1 is 1.31 bits per heavy atom. The van der Waals surface area contributed by atoms with Crippen LogP contribution in [-0.2, 0) is 0 Å². The summed E-state index contributed by atoms with van der Waals surface area (Å²) in [6.07, 6.45) is 3.42. The largest absolute Gasteiger partial charge is 0.264 e. The Hall–Kier alpha value is -2.06. The molecule has 4 nitrogen and oxygen atoms in total. The van der Waals surface area contributed by atoms with Crippen LogP contribution in [0.15, 0.2) is 41.8 Å². The van der Waals surface area contributed by atoms with Gasteiger partial charge in [0.1, 0.15) is 0 Å². The number of aromatic nitrogens is 1. The van der Waals surface area contributed by atoms with Crippen LogP contribution in [0.25, 0.3) is 21.2 Å². The topological polar surface area (TPSA) is 61.7 Å². The van der Waals surface area contributed by atoms with E-state index in [9.17, 15) is 0 Å². The lowest BCUT2D eigenvalue weighted by Crippen LogP contribution is -1.74. The van der Waals surface area contributed by atoms with Crippen LogP contribution in [0.2, 0.25) is 0 Å². The number of hydrogen-bond acceptors (Lipinski definition) is 2. The summed E-state index contributed by atoms with van der Waals surface area (Å²) in [5, 5.41) is 5.49. The standard InChI is InChI=1S/C9H6N4/c10-13-12-9-3-1-2-7-6-11-5-4-8(7)9/h1-6H. The molecule has 13 heavy (non-hydrogen) atoms. The maximum absolute atomic E-state index is 8.32. The smallest absolute Gasteiger partial charge is 0.0454 e. The van der Waals surface area contributed by atoms with Crippen molar-refractivity contribution in [1.29, 1.82) is 0 Å². The number of benzene rings is 1. The first kappa shape index (κ1) is 7.58. The van der Waals surface area contributed by atoms with E-state index in [1.54, 1.807) is 18.5 Å². The third-order valence-electron chi connectivity index (χ3n) is 1.81. The van der Waals surface area contributed by atoms with Crippen molar-refractivity contribution in [3.63, 3.8) is 0 Å². The molecular weight excluding hydrogens is 164 g/mol. The summed E-state index contributed by atoms with van der Waals surface area (Å²) in [5.41, 5.74) is 8.96. The minimum atomic E-state index is 0.641. The van der Waals surface area contributed by atoms with Crippen molar-refractivity contribution >= 4 is 16.5 Å². The molecule has 0 aliphatic rings. The van der Waals surface area contributed by atoms with Crippen molar-refractivity contribution in [3.05, 3.63) is 47.1 Å². The predicted octanol–water partition coefficient (Wildman–Crippen LogP) is 3.18. The SMILES string of the molecule is [N-]=[N+]=Nc1cccc2cnccc12. The van der Waals surface area contributed by atoms with Gasteiger partial charge in [-0.05, 0) is 17.0 Å². The summed E-state index contributed by atoms with van der Waals surface area (Å²) in [5.74, 6) is 0. The molecule has 0 amide bonds. The molecule has 1 heterocycles. The number of rotatable bonds is 1. The van der Waals surface area contributed by atoms with E-state index >= 15 is 0 Å². The van der Waals surface area contributed by atoms with E-state index in [0.717, 1.165) is 10.8 Å². The Balaban J connectivity index is 2.82. The highest BCUT2D eigenvalue weighted by Gasteiger charge is 1.96. The van der Waals surface area contributed by atoms with Crippen LogP contribution in [-0.4, -0.2) is 4.98 Å². The number of fused-ring (bicyclic) bond motifs is 1. The van der Waals surface area contributed by atoms with Gasteiger partial charge in [-0.2, -0.15) is 0 Å². The van der Waals surface area contributed by atoms with Crippen molar-refractivity contribution in [3.8, 4) is 0 Å². The van der Waals surface area contributed by atoms with Gasteiger partial charge in [0.15, 0.2) is 0 Å². The van der Waals surface area contributed by atoms with Gasteiger partial charge < -0.3 is 0 Å². The second-order valence-corrected chi connectivity index (χ2v) is 2.56. The Morgan fingerprint density at radius 2 is 2.23 bits per heavy atom. The number of hydrogen-bond donors (Lipinski definition) is 0. The number of pyridine rings is 1. The van der Waals surface area contributed by atoms with E-state index in [4.69, 9.17) is 5.53 Å². The molecule has 2 aromatic rings. The van der Waals surface area contributed by atoms with E-state index in [1.165, 1.54) is 0 Å². The van der Waals surface area contributed by atoms with Crippen LogP contribution in [0.3, 0.4) is 0 Å². The Labute approximate surface area is 74.5 Å². The second kappa shape index (κ2) is 3.13. The average Bonchev–Trinajstić information content (AvgIpc) is 2.19. The van der Waals surface area contributed by atoms with Crippen LogP contribution in [0.5, 0.6) is 0 Å². The molecule has 0 spiro atoms. The molecule has 0 aliphatic carbocycles. The minimum Gasteiger partial charge on any atom is -0.264 e. The van der Waals surface area contributed by atoms with Crippen molar-refractivity contribution in [1.82, 2.24) is 4.98 Å². The van der Waals surface area contributed by atoms with E-state index in [-0.39, 0.29) is 0 Å². The third kappa shape index (κ3) is 1.30. The first-order valence-electron chi connectivity index (χ1n) is 3.79. The van der Waals surface area contributed by atoms with Gasteiger partial charge in [0.25, 0.3) is 0 Å². The molecule has 1 aromatic carbocycles. The second-order valence-electron chi connectivity index (χ2n) is 2.56. The Morgan fingerprint density at radius 3 is 3.08 bits per heavy atom. The zero-order chi connectivity index (χ0) is 9.10. The fraction of sp³-hybridized carbons (Fsp3) is 0. The average molecular weight is 170 g/mol. The van der Waals surface area contributed by atoms with Gasteiger partial charge in [-0.1, -0.05) is 23.3 Å². The van der Waals surface area contributed by atoms with Gasteiger partial charge >= 0.3 is 0 Å². The fourth-order valence-electron chi connectivity index (χ4n) is 1.24. The normalized spacial score (nSPS) is 9.54. The van der Waals surface area contributed by atoms with Crippen LogP contribution >= 0.6 is 0 Å². The van der Waals surface area contributed by atoms with Crippen molar-refractivity contribution in [2.75, 3.05) is 0 Å². The predicted molar refractivity (Wildman–Crippen MR) is 50.5 cm³/mol. The number of azide groups is 1. The molecule has 0 fully saturated rings. The molecule has 0 saturated heterocycles. The zero-order valence-corrected chi connectivity index (χ0v) is 6.75. The van der Waals surface area contributed by atoms with Crippen LogP contribution in [0.4, 0.5) is 5.69 Å². The highest BCUT2D eigenvalue weighted by Crippen LogP contribution is 2.24. The lowest BCUT2D eigenvalue weighted by Gasteiger charge is -1.98. The first-order chi connectivity index (χ1) is 6.42. The van der Waals surface area contributed by atoms with Gasteiger partial charge in [0.2, 0.25) is 0 Å². The minimum absolute atomic E-state index is 0.641. The molecule has 0 unspecified atom stereocenters. The highest BCUT2D eigenvalue weighted by molar-refractivity contribution is 5.91. The van der Waals surface area contributed by atoms with Gasteiger partial charge in [0.05, 0.1) is 0 Å². The van der Waals surface area contributed by atoms with Crippen LogP contribution in [0, 0.1) is 0 Å². The van der Waals surface area contributed by atoms with Gasteiger partial charge in [-0.15, -0.1) is 0 Å². The molecule has 0 atom stereocenters. The first-order valence-corrected chi connectivity index (χ1v) is 3.79. The lowest BCUT2D eigenvalue weighted by molar-refractivity contribution is 1.36. The quantitative estimate of drug-likeness (QED) is 0.368. The molecular formula is C9H6N4. The van der Waals surface area contributed by atoms with Crippen molar-refractivity contribution < 1.29 is 0 Å². The molecule has 0 N–H and O–H groups in total. The molecule has 0 radical (unpaired) electrons. The van der Waals surface area contributed by atoms with E-state index < -0.39 is 0 Å². The van der Waals surface area contributed by atoms with Crippen LogP contribution < -0.4 is 0 Å². The lowest BCUT2D eigenvalue weighted by atomic mass is 10.1. The highest BCUT2D eigenvalue weighted by atomic mass is 15.1. The molecule has 0 aliphatic heterocycles. The number of nitrogens with zero attached hydrogens (tertiary/aromatic N) is 4. The zero-order valence-electron chi connectivity index (χ0n) is 6.75. The molecule has 2 rings (SSSR count). The van der Waals surface area contributed by atoms with Gasteiger partial charge in [-0.25, -0.2) is 0 Å². The Kier molecular flexibility index (Phi) is 1.82. The molecule has 0 bridgehead atoms.